The minimum atomic E-state index is -0.0532. The summed E-state index contributed by atoms with van der Waals surface area (Å²) in [5.41, 5.74) is 9.21. The number of carbonyl (C=O) groups excluding carboxylic acids is 1. The molecule has 0 aromatic heterocycles. The number of anilines is 1. The van der Waals surface area contributed by atoms with E-state index in [4.69, 9.17) is 5.73 Å². The Morgan fingerprint density at radius 1 is 1.19 bits per heavy atom. The van der Waals surface area contributed by atoms with Crippen molar-refractivity contribution in [3.8, 4) is 0 Å². The van der Waals surface area contributed by atoms with Crippen molar-refractivity contribution in [1.82, 2.24) is 5.32 Å². The largest absolute Gasteiger partial charge is 0.399 e. The second-order valence-electron chi connectivity index (χ2n) is 5.34. The second-order valence-corrected chi connectivity index (χ2v) is 5.34. The first-order valence-electron chi connectivity index (χ1n) is 7.31. The first-order valence-corrected chi connectivity index (χ1v) is 7.31. The highest BCUT2D eigenvalue weighted by Crippen LogP contribution is 2.14. The fourth-order valence-electron chi connectivity index (χ4n) is 2.34. The number of hydrogen-bond acceptors (Lipinski definition) is 2. The molecule has 1 amide bonds. The van der Waals surface area contributed by atoms with Gasteiger partial charge in [-0.15, -0.1) is 0 Å². The first kappa shape index (κ1) is 15.1. The van der Waals surface area contributed by atoms with E-state index in [-0.39, 0.29) is 11.9 Å². The minimum absolute atomic E-state index is 0.0532. The third kappa shape index (κ3) is 4.09. The minimum Gasteiger partial charge on any atom is -0.399 e. The molecule has 21 heavy (non-hydrogen) atoms. The molecule has 0 heterocycles. The van der Waals surface area contributed by atoms with Crippen LogP contribution < -0.4 is 11.1 Å². The third-order valence-electron chi connectivity index (χ3n) is 3.66. The Balaban J connectivity index is 2.07. The zero-order valence-electron chi connectivity index (χ0n) is 12.6. The molecule has 1 atom stereocenters. The number of carbonyl (C=O) groups is 1. The first-order chi connectivity index (χ1) is 10.1. The monoisotopic (exact) mass is 282 g/mol. The third-order valence-corrected chi connectivity index (χ3v) is 3.66. The molecular formula is C18H22N2O. The van der Waals surface area contributed by atoms with E-state index in [0.29, 0.717) is 11.3 Å². The molecule has 110 valence electrons. The van der Waals surface area contributed by atoms with Gasteiger partial charge in [0.2, 0.25) is 0 Å². The normalized spacial score (nSPS) is 11.9. The molecule has 0 aliphatic rings. The maximum absolute atomic E-state index is 12.4. The van der Waals surface area contributed by atoms with Gasteiger partial charge in [-0.25, -0.2) is 0 Å². The van der Waals surface area contributed by atoms with Gasteiger partial charge in [0.05, 0.1) is 0 Å². The summed E-state index contributed by atoms with van der Waals surface area (Å²) >= 11 is 0. The van der Waals surface area contributed by atoms with Gasteiger partial charge in [0.1, 0.15) is 0 Å². The smallest absolute Gasteiger partial charge is 0.251 e. The van der Waals surface area contributed by atoms with Gasteiger partial charge in [0.25, 0.3) is 5.91 Å². The van der Waals surface area contributed by atoms with Crippen molar-refractivity contribution in [1.29, 1.82) is 0 Å². The van der Waals surface area contributed by atoms with Crippen LogP contribution in [0.5, 0.6) is 0 Å². The lowest BCUT2D eigenvalue weighted by Gasteiger charge is -2.18. The maximum atomic E-state index is 12.4. The molecule has 2 aromatic carbocycles. The van der Waals surface area contributed by atoms with Crippen molar-refractivity contribution < 1.29 is 4.79 Å². The Hall–Kier alpha value is -2.29. The number of aryl methyl sites for hydroxylation is 1. The molecule has 3 nitrogen and oxygen atoms in total. The van der Waals surface area contributed by atoms with Crippen molar-refractivity contribution in [2.75, 3.05) is 5.73 Å². The number of rotatable bonds is 5. The highest BCUT2D eigenvalue weighted by atomic mass is 16.1. The van der Waals surface area contributed by atoms with Crippen LogP contribution >= 0.6 is 0 Å². The van der Waals surface area contributed by atoms with Crippen LogP contribution in [0.3, 0.4) is 0 Å². The van der Waals surface area contributed by atoms with E-state index in [1.54, 1.807) is 6.07 Å². The maximum Gasteiger partial charge on any atom is 0.251 e. The van der Waals surface area contributed by atoms with E-state index < -0.39 is 0 Å². The zero-order valence-corrected chi connectivity index (χ0v) is 12.6. The number of benzene rings is 2. The average molecular weight is 282 g/mol. The zero-order chi connectivity index (χ0) is 15.2. The van der Waals surface area contributed by atoms with E-state index in [2.05, 4.69) is 24.4 Å². The number of hydrogen-bond donors (Lipinski definition) is 2. The fraction of sp³-hybridized carbons (Fsp3) is 0.278. The molecule has 0 saturated carbocycles. The number of nitrogens with two attached hydrogens (primary N) is 1. The van der Waals surface area contributed by atoms with Gasteiger partial charge in [0.15, 0.2) is 0 Å². The van der Waals surface area contributed by atoms with Crippen LogP contribution in [0.15, 0.2) is 48.5 Å². The van der Waals surface area contributed by atoms with Crippen molar-refractivity contribution in [2.45, 2.75) is 32.7 Å². The summed E-state index contributed by atoms with van der Waals surface area (Å²) in [6.45, 7) is 4.01. The molecule has 0 aliphatic carbocycles. The number of amides is 1. The summed E-state index contributed by atoms with van der Waals surface area (Å²) in [5, 5.41) is 3.11. The van der Waals surface area contributed by atoms with E-state index >= 15 is 0 Å². The standard InChI is InChI=1S/C18H22N2O/c1-3-16(11-14-7-5-4-6-8-14)20-18(21)17-12-15(19)10-9-13(17)2/h4-10,12,16H,3,11,19H2,1-2H3,(H,20,21). The van der Waals surface area contributed by atoms with Crippen LogP contribution in [0.1, 0.15) is 34.8 Å². The molecular weight excluding hydrogens is 260 g/mol. The topological polar surface area (TPSA) is 55.1 Å². The highest BCUT2D eigenvalue weighted by molar-refractivity contribution is 5.96. The summed E-state index contributed by atoms with van der Waals surface area (Å²) in [6.07, 6.45) is 1.73. The molecule has 0 bridgehead atoms. The molecule has 2 rings (SSSR count). The van der Waals surface area contributed by atoms with Crippen LogP contribution in [0.25, 0.3) is 0 Å². The van der Waals surface area contributed by atoms with Gasteiger partial charge >= 0.3 is 0 Å². The SMILES string of the molecule is CCC(Cc1ccccc1)NC(=O)c1cc(N)ccc1C. The molecule has 3 heteroatoms. The quantitative estimate of drug-likeness (QED) is 0.826. The van der Waals surface area contributed by atoms with Crippen molar-refractivity contribution in [3.63, 3.8) is 0 Å². The van der Waals surface area contributed by atoms with Crippen LogP contribution in [-0.2, 0) is 6.42 Å². The lowest BCUT2D eigenvalue weighted by Crippen LogP contribution is -2.36. The van der Waals surface area contributed by atoms with E-state index in [1.165, 1.54) is 5.56 Å². The highest BCUT2D eigenvalue weighted by Gasteiger charge is 2.14. The number of nitrogen functional groups attached to an aromatic ring is 1. The predicted molar refractivity (Wildman–Crippen MR) is 87.3 cm³/mol. The van der Waals surface area contributed by atoms with Gasteiger partial charge < -0.3 is 11.1 Å². The summed E-state index contributed by atoms with van der Waals surface area (Å²) in [5.74, 6) is -0.0532. The Morgan fingerprint density at radius 2 is 1.90 bits per heavy atom. The molecule has 2 aromatic rings. The van der Waals surface area contributed by atoms with E-state index in [9.17, 15) is 4.79 Å². The second kappa shape index (κ2) is 6.93. The summed E-state index contributed by atoms with van der Waals surface area (Å²) < 4.78 is 0. The van der Waals surface area contributed by atoms with Gasteiger partial charge in [-0.05, 0) is 43.0 Å². The number of nitrogens with one attached hydrogen (secondary N) is 1. The molecule has 0 aliphatic heterocycles. The fourth-order valence-corrected chi connectivity index (χ4v) is 2.34. The average Bonchev–Trinajstić information content (AvgIpc) is 2.50. The van der Waals surface area contributed by atoms with Gasteiger partial charge in [0, 0.05) is 17.3 Å². The van der Waals surface area contributed by atoms with Crippen LogP contribution in [0.4, 0.5) is 5.69 Å². The van der Waals surface area contributed by atoms with Crippen LogP contribution in [-0.4, -0.2) is 11.9 Å². The van der Waals surface area contributed by atoms with Gasteiger partial charge in [-0.1, -0.05) is 43.3 Å². The van der Waals surface area contributed by atoms with Crippen LogP contribution in [0, 0.1) is 6.92 Å². The molecule has 3 N–H and O–H groups in total. The molecule has 0 fully saturated rings. The lowest BCUT2D eigenvalue weighted by molar-refractivity contribution is 0.0935. The summed E-state index contributed by atoms with van der Waals surface area (Å²) in [6, 6.07) is 15.8. The van der Waals surface area contributed by atoms with Crippen molar-refractivity contribution in [3.05, 3.63) is 65.2 Å². The summed E-state index contributed by atoms with van der Waals surface area (Å²) in [7, 11) is 0. The van der Waals surface area contributed by atoms with Crippen molar-refractivity contribution >= 4 is 11.6 Å². The molecule has 0 radical (unpaired) electrons. The Kier molecular flexibility index (Phi) is 4.99. The molecule has 0 spiro atoms. The van der Waals surface area contributed by atoms with E-state index in [0.717, 1.165) is 18.4 Å². The Morgan fingerprint density at radius 3 is 2.57 bits per heavy atom. The van der Waals surface area contributed by atoms with Crippen molar-refractivity contribution in [2.24, 2.45) is 0 Å². The van der Waals surface area contributed by atoms with Crippen LogP contribution in [0.2, 0.25) is 0 Å². The van der Waals surface area contributed by atoms with Gasteiger partial charge in [-0.3, -0.25) is 4.79 Å². The summed E-state index contributed by atoms with van der Waals surface area (Å²) in [4.78, 5) is 12.4. The molecule has 0 saturated heterocycles. The Bertz CT molecular complexity index is 608. The lowest BCUT2D eigenvalue weighted by atomic mass is 10.0. The van der Waals surface area contributed by atoms with Gasteiger partial charge in [-0.2, -0.15) is 0 Å². The molecule has 1 unspecified atom stereocenters. The predicted octanol–water partition coefficient (Wildman–Crippen LogP) is 3.33. The van der Waals surface area contributed by atoms with E-state index in [1.807, 2.05) is 37.3 Å². The Labute approximate surface area is 126 Å².